The fourth-order valence-electron chi connectivity index (χ4n) is 5.24. The van der Waals surface area contributed by atoms with Crippen molar-refractivity contribution >= 4 is 56.6 Å². The van der Waals surface area contributed by atoms with Gasteiger partial charge in [0.1, 0.15) is 11.6 Å². The zero-order valence-corrected chi connectivity index (χ0v) is 30.0. The average molecular weight is 761 g/mol. The highest BCUT2D eigenvalue weighted by Gasteiger charge is 2.54. The highest BCUT2D eigenvalue weighted by atomic mass is 35.5. The van der Waals surface area contributed by atoms with Gasteiger partial charge in [-0.25, -0.2) is 23.2 Å². The number of thioether (sulfide) groups is 1. The van der Waals surface area contributed by atoms with Crippen LogP contribution >= 0.6 is 35.0 Å². The SMILES string of the molecule is O=C(NNCCSCc1ccc(F)cc1)[C@@]1(CCS(=O)(=O)c2ccccc2)N=C(c2ccc(OCCCO)cc2)O[C@H]1c1ccc(Cl)cc1Cl. The van der Waals surface area contributed by atoms with Crippen molar-refractivity contribution in [2.24, 2.45) is 4.99 Å². The number of nitrogens with one attached hydrogen (secondary N) is 2. The van der Waals surface area contributed by atoms with Gasteiger partial charge in [0, 0.05) is 58.7 Å². The van der Waals surface area contributed by atoms with Gasteiger partial charge in [0.2, 0.25) is 5.90 Å². The van der Waals surface area contributed by atoms with Crippen molar-refractivity contribution in [2.75, 3.05) is 31.3 Å². The second kappa shape index (κ2) is 17.5. The van der Waals surface area contributed by atoms with Crippen molar-refractivity contribution in [1.82, 2.24) is 10.9 Å². The number of hydrogen-bond donors (Lipinski definition) is 3. The van der Waals surface area contributed by atoms with E-state index in [0.29, 0.717) is 53.0 Å². The minimum atomic E-state index is -3.84. The maximum absolute atomic E-state index is 14.3. The number of aliphatic hydroxyl groups is 1. The maximum atomic E-state index is 14.3. The molecule has 50 heavy (non-hydrogen) atoms. The third-order valence-corrected chi connectivity index (χ3v) is 11.2. The van der Waals surface area contributed by atoms with E-state index in [2.05, 4.69) is 10.9 Å². The first-order chi connectivity index (χ1) is 24.1. The van der Waals surface area contributed by atoms with Crippen LogP contribution in [0.15, 0.2) is 107 Å². The van der Waals surface area contributed by atoms with E-state index in [1.165, 1.54) is 30.3 Å². The van der Waals surface area contributed by atoms with Gasteiger partial charge in [0.05, 0.1) is 17.3 Å². The van der Waals surface area contributed by atoms with E-state index in [4.69, 9.17) is 42.8 Å². The summed E-state index contributed by atoms with van der Waals surface area (Å²) < 4.78 is 52.4. The molecule has 2 atom stereocenters. The number of carbonyl (C=O) groups excluding carboxylic acids is 1. The third kappa shape index (κ3) is 9.56. The second-order valence-corrected chi connectivity index (χ2v) is 15.5. The monoisotopic (exact) mass is 759 g/mol. The summed E-state index contributed by atoms with van der Waals surface area (Å²) in [7, 11) is -3.84. The Labute approximate surface area is 305 Å². The smallest absolute Gasteiger partial charge is 0.266 e. The quantitative estimate of drug-likeness (QED) is 0.0816. The number of nitrogens with zero attached hydrogens (tertiary/aromatic N) is 1. The molecule has 264 valence electrons. The van der Waals surface area contributed by atoms with Crippen LogP contribution in [0.1, 0.15) is 35.6 Å². The Bertz CT molecular complexity index is 1880. The van der Waals surface area contributed by atoms with Crippen molar-refractivity contribution < 1.29 is 32.2 Å². The summed E-state index contributed by atoms with van der Waals surface area (Å²) in [6.07, 6.45) is -0.888. The van der Waals surface area contributed by atoms with Crippen molar-refractivity contribution in [3.63, 3.8) is 0 Å². The van der Waals surface area contributed by atoms with Crippen LogP contribution in [0.3, 0.4) is 0 Å². The molecule has 0 aliphatic carbocycles. The summed E-state index contributed by atoms with van der Waals surface area (Å²) in [5, 5.41) is 9.66. The molecule has 0 aromatic heterocycles. The predicted molar refractivity (Wildman–Crippen MR) is 195 cm³/mol. The van der Waals surface area contributed by atoms with E-state index in [0.717, 1.165) is 5.56 Å². The van der Waals surface area contributed by atoms with Crippen LogP contribution in [0.2, 0.25) is 10.0 Å². The molecule has 14 heteroatoms. The lowest BCUT2D eigenvalue weighted by atomic mass is 9.85. The fraction of sp³-hybridized carbons (Fsp3) is 0.278. The van der Waals surface area contributed by atoms with Gasteiger partial charge in [-0.05, 0) is 66.2 Å². The van der Waals surface area contributed by atoms with Crippen molar-refractivity contribution in [1.29, 1.82) is 0 Å². The molecule has 1 amide bonds. The molecule has 1 aliphatic rings. The molecule has 0 saturated heterocycles. The molecule has 0 fully saturated rings. The molecular weight excluding hydrogens is 724 g/mol. The number of aliphatic hydroxyl groups excluding tert-OH is 1. The lowest BCUT2D eigenvalue weighted by Crippen LogP contribution is -2.53. The maximum Gasteiger partial charge on any atom is 0.266 e. The standard InChI is InChI=1S/C36H36Cl2FN3O6S2/c37-27-11-16-31(32(38)23-27)33-36(17-22-50(45,46)30-5-2-1-3-6-30,35(44)42-40-18-21-49-24-25-7-12-28(39)13-8-25)41-34(48-33)26-9-14-29(15-10-26)47-20-4-19-43/h1-3,5-16,23,33,40,43H,4,17-22,24H2,(H,42,44)/t33-,36-/m0/s1. The van der Waals surface area contributed by atoms with Crippen LogP contribution in [0.4, 0.5) is 4.39 Å². The van der Waals surface area contributed by atoms with Gasteiger partial charge >= 0.3 is 0 Å². The number of amides is 1. The Hall–Kier alpha value is -3.65. The molecule has 0 saturated carbocycles. The van der Waals surface area contributed by atoms with Gasteiger partial charge in [0.15, 0.2) is 21.5 Å². The lowest BCUT2D eigenvalue weighted by Gasteiger charge is -2.31. The van der Waals surface area contributed by atoms with Gasteiger partial charge < -0.3 is 14.6 Å². The average Bonchev–Trinajstić information content (AvgIpc) is 3.51. The Morgan fingerprint density at radius 3 is 2.46 bits per heavy atom. The number of benzene rings is 4. The van der Waals surface area contributed by atoms with Gasteiger partial charge in [-0.2, -0.15) is 11.8 Å². The number of ether oxygens (including phenoxy) is 2. The molecule has 4 aromatic carbocycles. The van der Waals surface area contributed by atoms with Gasteiger partial charge in [-0.3, -0.25) is 10.2 Å². The molecule has 0 bridgehead atoms. The number of halogens is 3. The summed E-state index contributed by atoms with van der Waals surface area (Å²) in [6, 6.07) is 25.9. The number of hydrogen-bond acceptors (Lipinski definition) is 9. The van der Waals surface area contributed by atoms with Crippen LogP contribution in [0, 0.1) is 5.82 Å². The zero-order chi connectivity index (χ0) is 35.6. The van der Waals surface area contributed by atoms with E-state index in [1.807, 2.05) is 0 Å². The van der Waals surface area contributed by atoms with E-state index in [-0.39, 0.29) is 34.7 Å². The van der Waals surface area contributed by atoms with E-state index >= 15 is 0 Å². The number of rotatable bonds is 17. The van der Waals surface area contributed by atoms with Crippen LogP contribution in [-0.4, -0.2) is 62.1 Å². The first-order valence-corrected chi connectivity index (χ1v) is 19.4. The topological polar surface area (TPSA) is 126 Å². The molecule has 9 nitrogen and oxygen atoms in total. The van der Waals surface area contributed by atoms with Crippen LogP contribution < -0.4 is 15.6 Å². The van der Waals surface area contributed by atoms with Gasteiger partial charge in [-0.1, -0.05) is 59.6 Å². The lowest BCUT2D eigenvalue weighted by molar-refractivity contribution is -0.130. The third-order valence-electron chi connectivity index (χ3n) is 7.88. The summed E-state index contributed by atoms with van der Waals surface area (Å²) in [4.78, 5) is 19.3. The summed E-state index contributed by atoms with van der Waals surface area (Å²) >= 11 is 14.5. The molecule has 3 N–H and O–H groups in total. The Balaban J connectivity index is 1.43. The molecule has 4 aromatic rings. The van der Waals surface area contributed by atoms with Gasteiger partial charge in [0.25, 0.3) is 5.91 Å². The Kier molecular flexibility index (Phi) is 13.2. The van der Waals surface area contributed by atoms with E-state index < -0.39 is 33.1 Å². The van der Waals surface area contributed by atoms with Crippen molar-refractivity contribution in [2.45, 2.75) is 35.1 Å². The van der Waals surface area contributed by atoms with Crippen molar-refractivity contribution in [3.05, 3.63) is 130 Å². The number of hydrazine groups is 1. The highest BCUT2D eigenvalue weighted by molar-refractivity contribution is 7.98. The number of carbonyl (C=O) groups is 1. The van der Waals surface area contributed by atoms with E-state index in [1.54, 1.807) is 78.5 Å². The normalized spacial score (nSPS) is 17.2. The van der Waals surface area contributed by atoms with Crippen molar-refractivity contribution in [3.8, 4) is 5.75 Å². The molecule has 5 rings (SSSR count). The largest absolute Gasteiger partial charge is 0.494 e. The first-order valence-electron chi connectivity index (χ1n) is 15.8. The van der Waals surface area contributed by atoms with Crippen LogP contribution in [-0.2, 0) is 25.1 Å². The zero-order valence-electron chi connectivity index (χ0n) is 26.9. The van der Waals surface area contributed by atoms with E-state index in [9.17, 15) is 17.6 Å². The number of sulfone groups is 1. The van der Waals surface area contributed by atoms with Gasteiger partial charge in [-0.15, -0.1) is 0 Å². The minimum absolute atomic E-state index is 0.00516. The second-order valence-electron chi connectivity index (χ2n) is 11.4. The van der Waals surface area contributed by atoms with Crippen LogP contribution in [0.25, 0.3) is 0 Å². The Morgan fingerprint density at radius 1 is 1.02 bits per heavy atom. The summed E-state index contributed by atoms with van der Waals surface area (Å²) in [5.41, 5.74) is 5.82. The predicted octanol–water partition coefficient (Wildman–Crippen LogP) is 6.57. The molecule has 1 aliphatic heterocycles. The summed E-state index contributed by atoms with van der Waals surface area (Å²) in [6.45, 7) is 0.712. The number of aliphatic imine (C=N–C) groups is 1. The molecule has 1 heterocycles. The highest BCUT2D eigenvalue weighted by Crippen LogP contribution is 2.45. The molecule has 0 unspecified atom stereocenters. The molecule has 0 radical (unpaired) electrons. The van der Waals surface area contributed by atoms with Crippen LogP contribution in [0.5, 0.6) is 5.75 Å². The first kappa shape index (κ1) is 37.6. The Morgan fingerprint density at radius 2 is 1.76 bits per heavy atom. The molecule has 0 spiro atoms. The minimum Gasteiger partial charge on any atom is -0.494 e. The molecular formula is C36H36Cl2FN3O6S2. The summed E-state index contributed by atoms with van der Waals surface area (Å²) in [5.74, 6) is 0.617. The fourth-order valence-corrected chi connectivity index (χ4v) is 7.96.